The van der Waals surface area contributed by atoms with E-state index in [0.29, 0.717) is 18.0 Å². The van der Waals surface area contributed by atoms with Gasteiger partial charge in [0.05, 0.1) is 17.7 Å². The van der Waals surface area contributed by atoms with Crippen molar-refractivity contribution in [2.24, 2.45) is 0 Å². The Morgan fingerprint density at radius 1 is 1.24 bits per heavy atom. The van der Waals surface area contributed by atoms with E-state index in [1.165, 1.54) is 31.4 Å². The summed E-state index contributed by atoms with van der Waals surface area (Å²) >= 11 is 0. The zero-order valence-corrected chi connectivity index (χ0v) is 14.7. The van der Waals surface area contributed by atoms with E-state index in [2.05, 4.69) is 19.8 Å². The highest BCUT2D eigenvalue weighted by Gasteiger charge is 2.20. The number of rotatable bonds is 5. The Hall–Kier alpha value is -2.88. The third kappa shape index (κ3) is 3.07. The molecule has 0 unspecified atom stereocenters. The molecule has 3 aromatic rings. The van der Waals surface area contributed by atoms with Gasteiger partial charge in [0.1, 0.15) is 17.3 Å². The van der Waals surface area contributed by atoms with Crippen molar-refractivity contribution in [1.29, 1.82) is 0 Å². The maximum absolute atomic E-state index is 12.6. The Kier molecular flexibility index (Phi) is 4.21. The summed E-state index contributed by atoms with van der Waals surface area (Å²) in [5.74, 6) is 1.31. The van der Waals surface area contributed by atoms with Crippen LogP contribution in [0.5, 0.6) is 5.75 Å². The molecule has 0 atom stereocenters. The van der Waals surface area contributed by atoms with E-state index < -0.39 is 15.6 Å². The molecule has 9 nitrogen and oxygen atoms in total. The maximum Gasteiger partial charge on any atom is 0.298 e. The van der Waals surface area contributed by atoms with E-state index in [0.717, 1.165) is 4.52 Å². The van der Waals surface area contributed by atoms with Crippen LogP contribution < -0.4 is 15.0 Å². The lowest BCUT2D eigenvalue weighted by Crippen LogP contribution is -2.25. The lowest BCUT2D eigenvalue weighted by Gasteiger charge is -2.10. The molecule has 0 spiro atoms. The molecule has 0 bridgehead atoms. The third-order valence-electron chi connectivity index (χ3n) is 3.66. The zero-order chi connectivity index (χ0) is 18.2. The van der Waals surface area contributed by atoms with Crippen LogP contribution in [0.4, 0.5) is 5.69 Å². The first-order chi connectivity index (χ1) is 11.9. The zero-order valence-electron chi connectivity index (χ0n) is 13.9. The van der Waals surface area contributed by atoms with Crippen LogP contribution in [0.1, 0.15) is 18.4 Å². The number of sulfonamides is 1. The number of hydrogen-bond donors (Lipinski definition) is 2. The summed E-state index contributed by atoms with van der Waals surface area (Å²) in [6.07, 6.45) is 0.592. The van der Waals surface area contributed by atoms with Crippen LogP contribution in [-0.4, -0.2) is 35.1 Å². The summed E-state index contributed by atoms with van der Waals surface area (Å²) < 4.78 is 33.5. The van der Waals surface area contributed by atoms with E-state index in [9.17, 15) is 13.2 Å². The Labute approximate surface area is 143 Å². The lowest BCUT2D eigenvalue weighted by atomic mass is 10.3. The first-order valence-corrected chi connectivity index (χ1v) is 8.99. The summed E-state index contributed by atoms with van der Waals surface area (Å²) in [4.78, 5) is 21.0. The van der Waals surface area contributed by atoms with Crippen molar-refractivity contribution in [3.8, 4) is 5.75 Å². The van der Waals surface area contributed by atoms with Gasteiger partial charge in [0.25, 0.3) is 21.4 Å². The average Bonchev–Trinajstić information content (AvgIpc) is 3.02. The first-order valence-electron chi connectivity index (χ1n) is 7.51. The van der Waals surface area contributed by atoms with Crippen LogP contribution in [0.3, 0.4) is 0 Å². The molecule has 0 saturated heterocycles. The van der Waals surface area contributed by atoms with Gasteiger partial charge in [-0.2, -0.15) is 9.50 Å². The maximum atomic E-state index is 12.6. The fraction of sp³-hybridized carbons (Fsp3) is 0.267. The van der Waals surface area contributed by atoms with Gasteiger partial charge in [-0.05, 0) is 31.2 Å². The number of H-pyrrole nitrogens is 1. The average molecular weight is 363 g/mol. The number of benzene rings is 1. The second-order valence-electron chi connectivity index (χ2n) is 5.32. The highest BCUT2D eigenvalue weighted by Crippen LogP contribution is 2.19. The van der Waals surface area contributed by atoms with Gasteiger partial charge < -0.3 is 4.74 Å². The molecule has 3 rings (SSSR count). The number of methoxy groups -OCH3 is 1. The van der Waals surface area contributed by atoms with Gasteiger partial charge in [-0.3, -0.25) is 14.6 Å². The molecule has 2 N–H and O–H groups in total. The molecule has 0 aliphatic carbocycles. The minimum absolute atomic E-state index is 0.0102. The Bertz CT molecular complexity index is 1080. The van der Waals surface area contributed by atoms with Gasteiger partial charge in [-0.1, -0.05) is 6.92 Å². The van der Waals surface area contributed by atoms with Crippen molar-refractivity contribution in [2.45, 2.75) is 25.2 Å². The Morgan fingerprint density at radius 2 is 1.92 bits per heavy atom. The van der Waals surface area contributed by atoms with Gasteiger partial charge in [-0.15, -0.1) is 0 Å². The van der Waals surface area contributed by atoms with E-state index in [4.69, 9.17) is 4.74 Å². The SMILES string of the molecule is CCc1nc2nc(C)c(NS(=O)(=O)c3ccc(OC)cc3)c(=O)n2[nH]1. The van der Waals surface area contributed by atoms with E-state index >= 15 is 0 Å². The summed E-state index contributed by atoms with van der Waals surface area (Å²) in [6.45, 7) is 3.43. The molecule has 132 valence electrons. The van der Waals surface area contributed by atoms with Gasteiger partial charge in [-0.25, -0.2) is 13.4 Å². The van der Waals surface area contributed by atoms with Crippen molar-refractivity contribution < 1.29 is 13.2 Å². The number of ether oxygens (including phenoxy) is 1. The van der Waals surface area contributed by atoms with Gasteiger partial charge in [0.2, 0.25) is 0 Å². The number of hydrogen-bond acceptors (Lipinski definition) is 6. The summed E-state index contributed by atoms with van der Waals surface area (Å²) in [5.41, 5.74) is -0.442. The van der Waals surface area contributed by atoms with Gasteiger partial charge in [0.15, 0.2) is 0 Å². The molecule has 0 fully saturated rings. The fourth-order valence-electron chi connectivity index (χ4n) is 2.29. The van der Waals surface area contributed by atoms with Crippen LogP contribution in [0, 0.1) is 6.92 Å². The van der Waals surface area contributed by atoms with Crippen molar-refractivity contribution in [2.75, 3.05) is 11.8 Å². The molecule has 0 radical (unpaired) electrons. The third-order valence-corrected chi connectivity index (χ3v) is 5.03. The first kappa shape index (κ1) is 17.0. The normalized spacial score (nSPS) is 11.6. The Morgan fingerprint density at radius 3 is 2.52 bits per heavy atom. The molecule has 0 aliphatic heterocycles. The number of aromatic amines is 1. The lowest BCUT2D eigenvalue weighted by molar-refractivity contribution is 0.414. The number of nitrogens with zero attached hydrogens (tertiary/aromatic N) is 3. The minimum Gasteiger partial charge on any atom is -0.497 e. The molecular weight excluding hydrogens is 346 g/mol. The molecule has 2 heterocycles. The second-order valence-corrected chi connectivity index (χ2v) is 7.00. The highest BCUT2D eigenvalue weighted by atomic mass is 32.2. The van der Waals surface area contributed by atoms with Crippen molar-refractivity contribution in [3.63, 3.8) is 0 Å². The largest absolute Gasteiger partial charge is 0.497 e. The number of nitrogens with one attached hydrogen (secondary N) is 2. The quantitative estimate of drug-likeness (QED) is 0.701. The second kappa shape index (κ2) is 6.20. The number of aromatic nitrogens is 4. The summed E-state index contributed by atoms with van der Waals surface area (Å²) in [5, 5.41) is 2.80. The molecule has 10 heteroatoms. The summed E-state index contributed by atoms with van der Waals surface area (Å²) in [6, 6.07) is 5.84. The monoisotopic (exact) mass is 363 g/mol. The molecular formula is C15H17N5O4S. The van der Waals surface area contributed by atoms with Gasteiger partial charge in [0, 0.05) is 6.42 Å². The standard InChI is InChI=1S/C15H17N5O4S/c1-4-12-17-15-16-9(2)13(14(21)20(15)18-12)19-25(22,23)11-7-5-10(24-3)6-8-11/h5-8,19H,4H2,1-3H3,(H,16,17,18). The predicted molar refractivity (Wildman–Crippen MR) is 91.5 cm³/mol. The van der Waals surface area contributed by atoms with Crippen LogP contribution >= 0.6 is 0 Å². The molecule has 25 heavy (non-hydrogen) atoms. The molecule has 2 aromatic heterocycles. The fourth-order valence-corrected chi connectivity index (χ4v) is 3.40. The highest BCUT2D eigenvalue weighted by molar-refractivity contribution is 7.92. The van der Waals surface area contributed by atoms with E-state index in [-0.39, 0.29) is 22.1 Å². The topological polar surface area (TPSA) is 118 Å². The van der Waals surface area contributed by atoms with E-state index in [1.807, 2.05) is 6.92 Å². The van der Waals surface area contributed by atoms with Crippen molar-refractivity contribution in [1.82, 2.24) is 19.6 Å². The van der Waals surface area contributed by atoms with Crippen LogP contribution in [0.25, 0.3) is 5.78 Å². The Balaban J connectivity index is 2.05. The van der Waals surface area contributed by atoms with Crippen LogP contribution in [0.15, 0.2) is 34.0 Å². The van der Waals surface area contributed by atoms with Crippen LogP contribution in [0.2, 0.25) is 0 Å². The molecule has 0 saturated carbocycles. The molecule has 1 aromatic carbocycles. The predicted octanol–water partition coefficient (Wildman–Crippen LogP) is 1.10. The van der Waals surface area contributed by atoms with Crippen molar-refractivity contribution >= 4 is 21.5 Å². The molecule has 0 amide bonds. The smallest absolute Gasteiger partial charge is 0.298 e. The summed E-state index contributed by atoms with van der Waals surface area (Å²) in [7, 11) is -2.46. The number of aryl methyl sites for hydroxylation is 2. The molecule has 0 aliphatic rings. The number of anilines is 1. The number of fused-ring (bicyclic) bond motifs is 1. The van der Waals surface area contributed by atoms with Gasteiger partial charge >= 0.3 is 0 Å². The van der Waals surface area contributed by atoms with Crippen LogP contribution in [-0.2, 0) is 16.4 Å². The minimum atomic E-state index is -3.94. The van der Waals surface area contributed by atoms with E-state index in [1.54, 1.807) is 6.92 Å². The van der Waals surface area contributed by atoms with Crippen molar-refractivity contribution in [3.05, 3.63) is 46.1 Å².